The number of rotatable bonds is 7. The van der Waals surface area contributed by atoms with Crippen LogP contribution in [-0.4, -0.2) is 72.6 Å². The summed E-state index contributed by atoms with van der Waals surface area (Å²) < 4.78 is 5.40. The van der Waals surface area contributed by atoms with E-state index in [0.717, 1.165) is 32.2 Å². The van der Waals surface area contributed by atoms with Gasteiger partial charge >= 0.3 is 0 Å². The molecule has 2 aliphatic heterocycles. The molecule has 0 aromatic heterocycles. The molecule has 0 aromatic rings. The van der Waals surface area contributed by atoms with E-state index in [1.165, 1.54) is 38.5 Å². The normalized spacial score (nSPS) is 31.0. The largest absolute Gasteiger partial charge is 0.378 e. The highest BCUT2D eigenvalue weighted by molar-refractivity contribution is 5.86. The minimum Gasteiger partial charge on any atom is -0.378 e. The zero-order valence-corrected chi connectivity index (χ0v) is 22.0. The number of hydrogen-bond donors (Lipinski definition) is 1. The Bertz CT molecular complexity index is 782. The van der Waals surface area contributed by atoms with Gasteiger partial charge in [0.25, 0.3) is 0 Å². The molecule has 4 rings (SSSR count). The standard InChI is InChI=1S/C28H46N4O3/c1-27(2)10-6-9-24(19-27)32-12-11-28(20-29,21-32)30-26(34)23(17-22-7-4-3-5-8-22)18-25(33)31-13-15-35-16-14-31/h22-24H,3-19,21H2,1-2H3,(H,30,34)/t23-,24?,28?/m1/s1. The van der Waals surface area contributed by atoms with E-state index in [0.29, 0.717) is 56.6 Å². The summed E-state index contributed by atoms with van der Waals surface area (Å²) in [7, 11) is 0. The molecule has 2 amide bonds. The molecule has 7 nitrogen and oxygen atoms in total. The second-order valence-corrected chi connectivity index (χ2v) is 12.5. The molecule has 196 valence electrons. The number of ether oxygens (including phenoxy) is 1. The molecule has 3 atom stereocenters. The maximum atomic E-state index is 13.7. The molecule has 1 N–H and O–H groups in total. The van der Waals surface area contributed by atoms with Crippen LogP contribution in [-0.2, 0) is 14.3 Å². The summed E-state index contributed by atoms with van der Waals surface area (Å²) in [6, 6.07) is 2.98. The lowest BCUT2D eigenvalue weighted by Crippen LogP contribution is -2.53. The molecule has 4 aliphatic rings. The van der Waals surface area contributed by atoms with Crippen molar-refractivity contribution in [2.75, 3.05) is 39.4 Å². The van der Waals surface area contributed by atoms with Crippen LogP contribution in [0.1, 0.15) is 90.9 Å². The van der Waals surface area contributed by atoms with Crippen molar-refractivity contribution in [2.45, 2.75) is 102 Å². The van der Waals surface area contributed by atoms with E-state index in [4.69, 9.17) is 4.74 Å². The SMILES string of the molecule is CC1(C)CCCC(N2CCC(C#N)(NC(=O)[C@@H](CC(=O)N3CCOCC3)CC3CCCCC3)C2)C1. The van der Waals surface area contributed by atoms with Gasteiger partial charge in [-0.05, 0) is 43.4 Å². The van der Waals surface area contributed by atoms with Gasteiger partial charge in [0.05, 0.1) is 19.3 Å². The number of carbonyl (C=O) groups is 2. The van der Waals surface area contributed by atoms with Gasteiger partial charge in [0, 0.05) is 44.6 Å². The van der Waals surface area contributed by atoms with Gasteiger partial charge in [-0.2, -0.15) is 5.26 Å². The zero-order chi connectivity index (χ0) is 24.9. The van der Waals surface area contributed by atoms with Crippen molar-refractivity contribution < 1.29 is 14.3 Å². The van der Waals surface area contributed by atoms with Crippen LogP contribution in [0.4, 0.5) is 0 Å². The van der Waals surface area contributed by atoms with Crippen molar-refractivity contribution in [3.8, 4) is 6.07 Å². The number of amides is 2. The number of nitriles is 1. The van der Waals surface area contributed by atoms with Crippen molar-refractivity contribution in [3.63, 3.8) is 0 Å². The summed E-state index contributed by atoms with van der Waals surface area (Å²) in [6.07, 6.45) is 12.5. The molecule has 0 spiro atoms. The minimum atomic E-state index is -0.842. The fourth-order valence-electron chi connectivity index (χ4n) is 6.94. The molecule has 2 saturated heterocycles. The second kappa shape index (κ2) is 11.6. The van der Waals surface area contributed by atoms with Crippen LogP contribution < -0.4 is 5.32 Å². The van der Waals surface area contributed by atoms with Crippen LogP contribution in [0, 0.1) is 28.6 Å². The van der Waals surface area contributed by atoms with Crippen LogP contribution in [0.2, 0.25) is 0 Å². The van der Waals surface area contributed by atoms with Crippen LogP contribution in [0.15, 0.2) is 0 Å². The molecule has 0 radical (unpaired) electrons. The number of likely N-dealkylation sites (tertiary alicyclic amines) is 1. The first-order valence-electron chi connectivity index (χ1n) is 14.1. The number of nitrogens with zero attached hydrogens (tertiary/aromatic N) is 3. The monoisotopic (exact) mass is 486 g/mol. The highest BCUT2D eigenvalue weighted by atomic mass is 16.5. The van der Waals surface area contributed by atoms with Crippen LogP contribution in [0.25, 0.3) is 0 Å². The Hall–Kier alpha value is -1.65. The van der Waals surface area contributed by atoms with Gasteiger partial charge in [-0.3, -0.25) is 14.5 Å². The Morgan fingerprint density at radius 1 is 1.06 bits per heavy atom. The first-order chi connectivity index (χ1) is 16.8. The Kier molecular flexibility index (Phi) is 8.76. The molecule has 2 heterocycles. The molecular formula is C28H46N4O3. The maximum absolute atomic E-state index is 13.7. The molecule has 2 aliphatic carbocycles. The van der Waals surface area contributed by atoms with Gasteiger partial charge in [0.15, 0.2) is 0 Å². The van der Waals surface area contributed by atoms with E-state index >= 15 is 0 Å². The van der Waals surface area contributed by atoms with Crippen molar-refractivity contribution in [1.82, 2.24) is 15.1 Å². The average Bonchev–Trinajstić information content (AvgIpc) is 3.28. The highest BCUT2D eigenvalue weighted by Crippen LogP contribution is 2.39. The minimum absolute atomic E-state index is 0.0488. The zero-order valence-electron chi connectivity index (χ0n) is 22.0. The first-order valence-corrected chi connectivity index (χ1v) is 14.1. The molecule has 35 heavy (non-hydrogen) atoms. The van der Waals surface area contributed by atoms with Gasteiger partial charge in [0.1, 0.15) is 5.54 Å². The summed E-state index contributed by atoms with van der Waals surface area (Å²) in [5, 5.41) is 13.4. The third-order valence-corrected chi connectivity index (χ3v) is 9.07. The molecule has 4 fully saturated rings. The van der Waals surface area contributed by atoms with E-state index < -0.39 is 5.54 Å². The van der Waals surface area contributed by atoms with E-state index in [1.54, 1.807) is 0 Å². The molecular weight excluding hydrogens is 440 g/mol. The molecule has 0 aromatic carbocycles. The number of hydrogen-bond acceptors (Lipinski definition) is 5. The fourth-order valence-corrected chi connectivity index (χ4v) is 6.94. The van der Waals surface area contributed by atoms with Crippen molar-refractivity contribution in [2.24, 2.45) is 17.3 Å². The Balaban J connectivity index is 1.41. The third-order valence-electron chi connectivity index (χ3n) is 9.07. The number of nitrogens with one attached hydrogen (secondary N) is 1. The van der Waals surface area contributed by atoms with E-state index in [2.05, 4.69) is 30.1 Å². The summed E-state index contributed by atoms with van der Waals surface area (Å²) in [5.74, 6) is 0.0956. The lowest BCUT2D eigenvalue weighted by atomic mass is 9.75. The van der Waals surface area contributed by atoms with Gasteiger partial charge in [-0.25, -0.2) is 0 Å². The second-order valence-electron chi connectivity index (χ2n) is 12.5. The Labute approximate surface area is 211 Å². The Morgan fingerprint density at radius 3 is 2.49 bits per heavy atom. The maximum Gasteiger partial charge on any atom is 0.224 e. The van der Waals surface area contributed by atoms with Crippen LogP contribution >= 0.6 is 0 Å². The summed E-state index contributed by atoms with van der Waals surface area (Å²) in [4.78, 5) is 31.0. The number of morpholine rings is 1. The van der Waals surface area contributed by atoms with Gasteiger partial charge in [-0.1, -0.05) is 52.4 Å². The van der Waals surface area contributed by atoms with Gasteiger partial charge in [0.2, 0.25) is 11.8 Å². The average molecular weight is 487 g/mol. The summed E-state index contributed by atoms with van der Waals surface area (Å²) in [5.41, 5.74) is -0.500. The van der Waals surface area contributed by atoms with E-state index in [1.807, 2.05) is 4.90 Å². The van der Waals surface area contributed by atoms with Gasteiger partial charge in [-0.15, -0.1) is 0 Å². The third kappa shape index (κ3) is 6.98. The van der Waals surface area contributed by atoms with Crippen molar-refractivity contribution >= 4 is 11.8 Å². The predicted octanol–water partition coefficient (Wildman–Crippen LogP) is 3.87. The molecule has 0 bridgehead atoms. The van der Waals surface area contributed by atoms with E-state index in [-0.39, 0.29) is 24.2 Å². The Morgan fingerprint density at radius 2 is 1.80 bits per heavy atom. The van der Waals surface area contributed by atoms with Crippen molar-refractivity contribution in [1.29, 1.82) is 5.26 Å². The van der Waals surface area contributed by atoms with Crippen LogP contribution in [0.5, 0.6) is 0 Å². The van der Waals surface area contributed by atoms with E-state index in [9.17, 15) is 14.9 Å². The summed E-state index contributed by atoms with van der Waals surface area (Å²) >= 11 is 0. The molecule has 2 unspecified atom stereocenters. The molecule has 7 heteroatoms. The molecule has 2 saturated carbocycles. The lowest BCUT2D eigenvalue weighted by molar-refractivity contribution is -0.140. The number of carbonyl (C=O) groups excluding carboxylic acids is 2. The predicted molar refractivity (Wildman–Crippen MR) is 135 cm³/mol. The van der Waals surface area contributed by atoms with Crippen LogP contribution in [0.3, 0.4) is 0 Å². The van der Waals surface area contributed by atoms with Crippen molar-refractivity contribution in [3.05, 3.63) is 0 Å². The summed E-state index contributed by atoms with van der Waals surface area (Å²) in [6.45, 7) is 8.48. The lowest BCUT2D eigenvalue weighted by Gasteiger charge is -2.40. The first kappa shape index (κ1) is 26.4. The quantitative estimate of drug-likeness (QED) is 0.590. The topological polar surface area (TPSA) is 85.7 Å². The highest BCUT2D eigenvalue weighted by Gasteiger charge is 2.45. The fraction of sp³-hybridized carbons (Fsp3) is 0.893. The van der Waals surface area contributed by atoms with Gasteiger partial charge < -0.3 is 15.0 Å². The smallest absolute Gasteiger partial charge is 0.224 e.